The molecular formula is C21H28N4O3. The zero-order valence-electron chi connectivity index (χ0n) is 16.5. The van der Waals surface area contributed by atoms with Crippen LogP contribution in [-0.4, -0.2) is 38.3 Å². The minimum atomic E-state index is -0.224. The minimum absolute atomic E-state index is 0.224. The molecule has 2 N–H and O–H groups in total. The number of ether oxygens (including phenoxy) is 2. The average Bonchev–Trinajstić information content (AvgIpc) is 2.76. The molecule has 3 rings (SSSR count). The van der Waals surface area contributed by atoms with E-state index < -0.39 is 0 Å². The van der Waals surface area contributed by atoms with Crippen LogP contribution in [0, 0.1) is 0 Å². The number of hydrogen-bond acceptors (Lipinski definition) is 5. The molecule has 150 valence electrons. The van der Waals surface area contributed by atoms with Crippen molar-refractivity contribution in [3.8, 4) is 11.5 Å². The number of urea groups is 1. The molecular weight excluding hydrogens is 356 g/mol. The molecule has 1 aliphatic rings. The fraction of sp³-hybridized carbons (Fsp3) is 0.429. The standard InChI is InChI=1S/C21H28N4O3/c1-27-18-10-17(11-19(13-18)28-2)15-24-21(26)23-14-16-6-7-22-20(12-16)25-8-4-3-5-9-25/h6-7,10-13H,3-5,8-9,14-15H2,1-2H3,(H2,23,24,26). The van der Waals surface area contributed by atoms with E-state index in [9.17, 15) is 4.79 Å². The van der Waals surface area contributed by atoms with Gasteiger partial charge in [-0.25, -0.2) is 9.78 Å². The number of anilines is 1. The van der Waals surface area contributed by atoms with Crippen molar-refractivity contribution >= 4 is 11.8 Å². The highest BCUT2D eigenvalue weighted by Crippen LogP contribution is 2.22. The van der Waals surface area contributed by atoms with E-state index in [0.29, 0.717) is 24.6 Å². The van der Waals surface area contributed by atoms with E-state index >= 15 is 0 Å². The van der Waals surface area contributed by atoms with Crippen molar-refractivity contribution in [2.45, 2.75) is 32.4 Å². The quantitative estimate of drug-likeness (QED) is 0.767. The number of amides is 2. The van der Waals surface area contributed by atoms with Crippen LogP contribution >= 0.6 is 0 Å². The summed E-state index contributed by atoms with van der Waals surface area (Å²) in [5.41, 5.74) is 1.94. The molecule has 0 atom stereocenters. The summed E-state index contributed by atoms with van der Waals surface area (Å²) in [5.74, 6) is 2.38. The Bertz CT molecular complexity index is 769. The highest BCUT2D eigenvalue weighted by molar-refractivity contribution is 5.73. The molecule has 0 aliphatic carbocycles. The lowest BCUT2D eigenvalue weighted by Gasteiger charge is -2.27. The molecule has 2 amide bonds. The summed E-state index contributed by atoms with van der Waals surface area (Å²) in [6.45, 7) is 2.94. The first kappa shape index (κ1) is 19.8. The highest BCUT2D eigenvalue weighted by atomic mass is 16.5. The van der Waals surface area contributed by atoms with Crippen molar-refractivity contribution in [2.24, 2.45) is 0 Å². The average molecular weight is 384 g/mol. The topological polar surface area (TPSA) is 75.7 Å². The number of nitrogens with one attached hydrogen (secondary N) is 2. The van der Waals surface area contributed by atoms with Gasteiger partial charge in [0.2, 0.25) is 0 Å². The van der Waals surface area contributed by atoms with Crippen LogP contribution < -0.4 is 25.0 Å². The zero-order valence-corrected chi connectivity index (χ0v) is 16.5. The first-order valence-corrected chi connectivity index (χ1v) is 9.61. The van der Waals surface area contributed by atoms with Gasteiger partial charge in [0.1, 0.15) is 17.3 Å². The van der Waals surface area contributed by atoms with Crippen molar-refractivity contribution in [3.63, 3.8) is 0 Å². The first-order valence-electron chi connectivity index (χ1n) is 9.61. The lowest BCUT2D eigenvalue weighted by atomic mass is 10.1. The second kappa shape index (κ2) is 9.82. The molecule has 0 radical (unpaired) electrons. The molecule has 1 aromatic heterocycles. The number of hydrogen-bond donors (Lipinski definition) is 2. The molecule has 7 heteroatoms. The number of benzene rings is 1. The predicted octanol–water partition coefficient (Wildman–Crippen LogP) is 3.09. The van der Waals surface area contributed by atoms with Gasteiger partial charge in [-0.1, -0.05) is 0 Å². The number of nitrogens with zero attached hydrogens (tertiary/aromatic N) is 2. The third kappa shape index (κ3) is 5.52. The third-order valence-electron chi connectivity index (χ3n) is 4.81. The Morgan fingerprint density at radius 1 is 0.964 bits per heavy atom. The van der Waals surface area contributed by atoms with E-state index in [1.807, 2.05) is 18.2 Å². The molecule has 1 fully saturated rings. The molecule has 28 heavy (non-hydrogen) atoms. The number of methoxy groups -OCH3 is 2. The fourth-order valence-electron chi connectivity index (χ4n) is 3.26. The molecule has 0 saturated carbocycles. The number of piperidine rings is 1. The number of aromatic nitrogens is 1. The normalized spacial score (nSPS) is 13.7. The monoisotopic (exact) mass is 384 g/mol. The molecule has 2 aromatic rings. The van der Waals surface area contributed by atoms with E-state index in [4.69, 9.17) is 9.47 Å². The summed E-state index contributed by atoms with van der Waals surface area (Å²) in [4.78, 5) is 19.0. The maximum atomic E-state index is 12.2. The highest BCUT2D eigenvalue weighted by Gasteiger charge is 2.12. The van der Waals surface area contributed by atoms with E-state index in [0.717, 1.165) is 30.0 Å². The smallest absolute Gasteiger partial charge is 0.315 e. The summed E-state index contributed by atoms with van der Waals surface area (Å²) in [7, 11) is 3.21. The number of rotatable bonds is 7. The molecule has 2 heterocycles. The van der Waals surface area contributed by atoms with Crippen molar-refractivity contribution in [1.29, 1.82) is 0 Å². The van der Waals surface area contributed by atoms with Gasteiger partial charge in [-0.3, -0.25) is 0 Å². The Kier molecular flexibility index (Phi) is 6.94. The number of carbonyl (C=O) groups is 1. The van der Waals surface area contributed by atoms with Gasteiger partial charge in [0.15, 0.2) is 0 Å². The van der Waals surface area contributed by atoms with Crippen molar-refractivity contribution < 1.29 is 14.3 Å². The maximum Gasteiger partial charge on any atom is 0.315 e. The third-order valence-corrected chi connectivity index (χ3v) is 4.81. The van der Waals surface area contributed by atoms with Gasteiger partial charge in [-0.05, 0) is 54.7 Å². The van der Waals surface area contributed by atoms with Crippen LogP contribution in [0.15, 0.2) is 36.5 Å². The van der Waals surface area contributed by atoms with Gasteiger partial charge in [0.25, 0.3) is 0 Å². The SMILES string of the molecule is COc1cc(CNC(=O)NCc2ccnc(N3CCCCC3)c2)cc(OC)c1. The Balaban J connectivity index is 1.50. The predicted molar refractivity (Wildman–Crippen MR) is 109 cm³/mol. The summed E-state index contributed by atoms with van der Waals surface area (Å²) >= 11 is 0. The van der Waals surface area contributed by atoms with Crippen LogP contribution in [0.25, 0.3) is 0 Å². The Morgan fingerprint density at radius 3 is 2.25 bits per heavy atom. The van der Waals surface area contributed by atoms with Crippen molar-refractivity contribution in [1.82, 2.24) is 15.6 Å². The van der Waals surface area contributed by atoms with E-state index in [-0.39, 0.29) is 6.03 Å². The van der Waals surface area contributed by atoms with E-state index in [2.05, 4.69) is 26.6 Å². The lowest BCUT2D eigenvalue weighted by molar-refractivity contribution is 0.240. The molecule has 0 unspecified atom stereocenters. The van der Waals surface area contributed by atoms with Gasteiger partial charge in [-0.15, -0.1) is 0 Å². The van der Waals surface area contributed by atoms with Crippen LogP contribution in [0.1, 0.15) is 30.4 Å². The Morgan fingerprint density at radius 2 is 1.61 bits per heavy atom. The number of pyridine rings is 1. The molecule has 1 saturated heterocycles. The fourth-order valence-corrected chi connectivity index (χ4v) is 3.26. The molecule has 1 aromatic carbocycles. The van der Waals surface area contributed by atoms with Crippen molar-refractivity contribution in [3.05, 3.63) is 47.7 Å². The van der Waals surface area contributed by atoms with Crippen LogP contribution in [0.2, 0.25) is 0 Å². The second-order valence-electron chi connectivity index (χ2n) is 6.83. The van der Waals surface area contributed by atoms with Crippen LogP contribution in [-0.2, 0) is 13.1 Å². The van der Waals surface area contributed by atoms with Crippen LogP contribution in [0.4, 0.5) is 10.6 Å². The molecule has 7 nitrogen and oxygen atoms in total. The summed E-state index contributed by atoms with van der Waals surface area (Å²) in [6, 6.07) is 9.30. The number of carbonyl (C=O) groups excluding carboxylic acids is 1. The van der Waals surface area contributed by atoms with Gasteiger partial charge < -0.3 is 25.0 Å². The summed E-state index contributed by atoms with van der Waals surface area (Å²) in [6.07, 6.45) is 5.52. The van der Waals surface area contributed by atoms with Gasteiger partial charge in [0.05, 0.1) is 14.2 Å². The zero-order chi connectivity index (χ0) is 19.8. The minimum Gasteiger partial charge on any atom is -0.497 e. The van der Waals surface area contributed by atoms with E-state index in [1.54, 1.807) is 26.5 Å². The maximum absolute atomic E-state index is 12.2. The largest absolute Gasteiger partial charge is 0.497 e. The summed E-state index contributed by atoms with van der Waals surface area (Å²) in [5, 5.41) is 5.76. The van der Waals surface area contributed by atoms with Crippen molar-refractivity contribution in [2.75, 3.05) is 32.2 Å². The van der Waals surface area contributed by atoms with Crippen LogP contribution in [0.5, 0.6) is 11.5 Å². The first-order chi connectivity index (χ1) is 13.7. The molecule has 1 aliphatic heterocycles. The second-order valence-corrected chi connectivity index (χ2v) is 6.83. The Labute approximate surface area is 166 Å². The van der Waals surface area contributed by atoms with Gasteiger partial charge in [0, 0.05) is 38.4 Å². The van der Waals surface area contributed by atoms with E-state index in [1.165, 1.54) is 19.3 Å². The molecule has 0 bridgehead atoms. The summed E-state index contributed by atoms with van der Waals surface area (Å²) < 4.78 is 10.5. The lowest BCUT2D eigenvalue weighted by Crippen LogP contribution is -2.34. The Hall–Kier alpha value is -2.96. The van der Waals surface area contributed by atoms with Crippen LogP contribution in [0.3, 0.4) is 0 Å². The van der Waals surface area contributed by atoms with Gasteiger partial charge in [-0.2, -0.15) is 0 Å². The van der Waals surface area contributed by atoms with Gasteiger partial charge >= 0.3 is 6.03 Å². The molecule has 0 spiro atoms.